The molecule has 0 atom stereocenters. The van der Waals surface area contributed by atoms with Gasteiger partial charge in [0.15, 0.2) is 0 Å². The van der Waals surface area contributed by atoms with Gasteiger partial charge in [0, 0.05) is 6.54 Å². The first-order valence-corrected chi connectivity index (χ1v) is 1.84. The Hall–Kier alpha value is -0.990. The van der Waals surface area contributed by atoms with Crippen LogP contribution in [0.2, 0.25) is 0 Å². The van der Waals surface area contributed by atoms with Crippen molar-refractivity contribution in [3.8, 4) is 0 Å². The molecule has 0 aliphatic rings. The zero-order chi connectivity index (χ0) is 5.70. The van der Waals surface area contributed by atoms with Gasteiger partial charge in [0.1, 0.15) is 0 Å². The minimum atomic E-state index is -0.554. The first-order chi connectivity index (χ1) is 3.27. The van der Waals surface area contributed by atoms with Crippen LogP contribution in [-0.4, -0.2) is 12.6 Å². The standard InChI is InChI=1S/C4H7N2O/c1-2-3-6-4(5)7/h1-2H,3H2,(H3,5,6,7). The topological polar surface area (TPSA) is 55.1 Å². The Bertz CT molecular complexity index is 79.8. The van der Waals surface area contributed by atoms with Crippen LogP contribution in [0.15, 0.2) is 6.08 Å². The quantitative estimate of drug-likeness (QED) is 0.488. The maximum absolute atomic E-state index is 9.79. The number of primary amides is 1. The Morgan fingerprint density at radius 2 is 2.57 bits per heavy atom. The zero-order valence-electron chi connectivity index (χ0n) is 3.85. The summed E-state index contributed by atoms with van der Waals surface area (Å²) >= 11 is 0. The van der Waals surface area contributed by atoms with Gasteiger partial charge in [0.05, 0.1) is 0 Å². The van der Waals surface area contributed by atoms with Crippen molar-refractivity contribution < 1.29 is 4.79 Å². The zero-order valence-corrected chi connectivity index (χ0v) is 3.85. The molecule has 0 aromatic carbocycles. The summed E-state index contributed by atoms with van der Waals surface area (Å²) < 4.78 is 0. The number of urea groups is 1. The Labute approximate surface area is 42.2 Å². The molecule has 0 spiro atoms. The molecule has 39 valence electrons. The van der Waals surface area contributed by atoms with Crippen LogP contribution in [0.5, 0.6) is 0 Å². The van der Waals surface area contributed by atoms with E-state index >= 15 is 0 Å². The van der Waals surface area contributed by atoms with Crippen molar-refractivity contribution in [2.24, 2.45) is 5.73 Å². The van der Waals surface area contributed by atoms with Gasteiger partial charge in [-0.25, -0.2) is 4.79 Å². The summed E-state index contributed by atoms with van der Waals surface area (Å²) in [6.45, 7) is 5.21. The molecule has 1 radical (unpaired) electrons. The normalized spacial score (nSPS) is 7.43. The van der Waals surface area contributed by atoms with Gasteiger partial charge < -0.3 is 11.1 Å². The smallest absolute Gasteiger partial charge is 0.312 e. The largest absolute Gasteiger partial charge is 0.352 e. The highest BCUT2D eigenvalue weighted by Crippen LogP contribution is 1.56. The molecule has 0 fully saturated rings. The van der Waals surface area contributed by atoms with Crippen LogP contribution in [0.25, 0.3) is 0 Å². The van der Waals surface area contributed by atoms with Crippen LogP contribution in [0, 0.1) is 6.58 Å². The molecule has 2 amide bonds. The molecule has 0 aromatic heterocycles. The Morgan fingerprint density at radius 1 is 2.00 bits per heavy atom. The van der Waals surface area contributed by atoms with Gasteiger partial charge in [-0.15, -0.1) is 0 Å². The van der Waals surface area contributed by atoms with Crippen LogP contribution < -0.4 is 11.1 Å². The average molecular weight is 99.1 g/mol. The number of rotatable bonds is 2. The molecule has 0 saturated heterocycles. The van der Waals surface area contributed by atoms with Gasteiger partial charge in [0.2, 0.25) is 0 Å². The molecule has 0 rings (SSSR count). The molecule has 0 unspecified atom stereocenters. The van der Waals surface area contributed by atoms with Crippen molar-refractivity contribution in [3.05, 3.63) is 12.7 Å². The van der Waals surface area contributed by atoms with Crippen molar-refractivity contribution in [1.29, 1.82) is 0 Å². The fourth-order valence-electron chi connectivity index (χ4n) is 0.160. The average Bonchev–Trinajstić information content (AvgIpc) is 1.61. The van der Waals surface area contributed by atoms with Crippen LogP contribution in [0.1, 0.15) is 0 Å². The number of carbonyl (C=O) groups excluding carboxylic acids is 1. The maximum atomic E-state index is 9.79. The third-order valence-electron chi connectivity index (χ3n) is 0.394. The number of nitrogens with two attached hydrogens (primary N) is 1. The fourth-order valence-corrected chi connectivity index (χ4v) is 0.160. The molecule has 7 heavy (non-hydrogen) atoms. The van der Waals surface area contributed by atoms with E-state index in [4.69, 9.17) is 6.58 Å². The highest BCUT2D eigenvalue weighted by Gasteiger charge is 1.81. The van der Waals surface area contributed by atoms with Crippen molar-refractivity contribution in [3.63, 3.8) is 0 Å². The lowest BCUT2D eigenvalue weighted by Gasteiger charge is -1.90. The summed E-state index contributed by atoms with van der Waals surface area (Å²) in [5.41, 5.74) is 4.65. The van der Waals surface area contributed by atoms with E-state index < -0.39 is 6.03 Å². The van der Waals surface area contributed by atoms with Gasteiger partial charge in [-0.1, -0.05) is 12.7 Å². The fraction of sp³-hybridized carbons (Fsp3) is 0.250. The Morgan fingerprint density at radius 3 is 2.71 bits per heavy atom. The third kappa shape index (κ3) is 5.01. The van der Waals surface area contributed by atoms with Crippen molar-refractivity contribution in [1.82, 2.24) is 5.32 Å². The van der Waals surface area contributed by atoms with Gasteiger partial charge >= 0.3 is 6.03 Å². The van der Waals surface area contributed by atoms with E-state index in [-0.39, 0.29) is 0 Å². The molecule has 3 heteroatoms. The molecule has 0 heterocycles. The predicted molar refractivity (Wildman–Crippen MR) is 26.5 cm³/mol. The Kier molecular flexibility index (Phi) is 2.76. The number of hydrogen-bond acceptors (Lipinski definition) is 1. The van der Waals surface area contributed by atoms with E-state index in [0.29, 0.717) is 6.54 Å². The molecule has 0 bridgehead atoms. The first kappa shape index (κ1) is 6.01. The van der Waals surface area contributed by atoms with Crippen LogP contribution in [0.4, 0.5) is 4.79 Å². The summed E-state index contributed by atoms with van der Waals surface area (Å²) in [6.07, 6.45) is 1.31. The third-order valence-corrected chi connectivity index (χ3v) is 0.394. The molecule has 3 nitrogen and oxygen atoms in total. The van der Waals surface area contributed by atoms with Gasteiger partial charge in [-0.3, -0.25) is 0 Å². The first-order valence-electron chi connectivity index (χ1n) is 1.84. The molecule has 0 saturated carbocycles. The summed E-state index contributed by atoms with van der Waals surface area (Å²) in [7, 11) is 0. The van der Waals surface area contributed by atoms with E-state index in [2.05, 4.69) is 11.1 Å². The highest BCUT2D eigenvalue weighted by atomic mass is 16.2. The minimum absolute atomic E-state index is 0.329. The Balaban J connectivity index is 2.97. The second-order valence-electron chi connectivity index (χ2n) is 0.981. The highest BCUT2D eigenvalue weighted by molar-refractivity contribution is 5.71. The number of nitrogens with one attached hydrogen (secondary N) is 1. The molecular formula is C4H7N2O. The number of amides is 2. The summed E-state index contributed by atoms with van der Waals surface area (Å²) in [4.78, 5) is 9.79. The molecular weight excluding hydrogens is 92.1 g/mol. The summed E-state index contributed by atoms with van der Waals surface area (Å²) in [5.74, 6) is 0. The minimum Gasteiger partial charge on any atom is -0.352 e. The lowest BCUT2D eigenvalue weighted by molar-refractivity contribution is 0.250. The maximum Gasteiger partial charge on any atom is 0.312 e. The molecule has 0 aromatic rings. The van der Waals surface area contributed by atoms with Crippen molar-refractivity contribution in [2.75, 3.05) is 6.54 Å². The van der Waals surface area contributed by atoms with Gasteiger partial charge in [-0.2, -0.15) is 0 Å². The molecule has 0 aliphatic heterocycles. The van der Waals surface area contributed by atoms with E-state index in [0.717, 1.165) is 0 Å². The van der Waals surface area contributed by atoms with E-state index in [1.54, 1.807) is 0 Å². The van der Waals surface area contributed by atoms with Gasteiger partial charge in [-0.05, 0) is 0 Å². The lowest BCUT2D eigenvalue weighted by atomic mass is 10.6. The van der Waals surface area contributed by atoms with Crippen molar-refractivity contribution >= 4 is 6.03 Å². The lowest BCUT2D eigenvalue weighted by Crippen LogP contribution is -2.28. The van der Waals surface area contributed by atoms with Crippen LogP contribution in [-0.2, 0) is 0 Å². The second-order valence-corrected chi connectivity index (χ2v) is 0.981. The van der Waals surface area contributed by atoms with Crippen molar-refractivity contribution in [2.45, 2.75) is 0 Å². The number of carbonyl (C=O) groups is 1. The van der Waals surface area contributed by atoms with Gasteiger partial charge in [0.25, 0.3) is 0 Å². The SMILES string of the molecule is [CH]=CCNC(N)=O. The van der Waals surface area contributed by atoms with E-state index in [1.165, 1.54) is 6.08 Å². The molecule has 0 aliphatic carbocycles. The predicted octanol–water partition coefficient (Wildman–Crippen LogP) is -0.356. The van der Waals surface area contributed by atoms with Crippen LogP contribution in [0.3, 0.4) is 0 Å². The summed E-state index contributed by atoms with van der Waals surface area (Å²) in [5, 5.41) is 2.25. The second kappa shape index (κ2) is 3.21. The number of hydrogen-bond donors (Lipinski definition) is 2. The summed E-state index contributed by atoms with van der Waals surface area (Å²) in [6, 6.07) is -0.554. The molecule has 3 N–H and O–H groups in total. The van der Waals surface area contributed by atoms with E-state index in [9.17, 15) is 4.79 Å². The van der Waals surface area contributed by atoms with Crippen LogP contribution >= 0.6 is 0 Å². The van der Waals surface area contributed by atoms with E-state index in [1.807, 2.05) is 0 Å². The monoisotopic (exact) mass is 99.1 g/mol.